The monoisotopic (exact) mass is 241 g/mol. The van der Waals surface area contributed by atoms with Crippen molar-refractivity contribution in [3.05, 3.63) is 0 Å². The molecule has 0 aromatic rings. The topological polar surface area (TPSA) is 18.5 Å². The molecule has 0 amide bonds. The molecule has 1 heterocycles. The number of likely N-dealkylation sites (N-methyl/N-ethyl adjacent to an activating group) is 2. The second kappa shape index (κ2) is 6.72. The van der Waals surface area contributed by atoms with Crippen LogP contribution < -0.4 is 5.32 Å². The molecular weight excluding hydrogens is 210 g/mol. The van der Waals surface area contributed by atoms with Gasteiger partial charge in [-0.3, -0.25) is 0 Å². The van der Waals surface area contributed by atoms with Crippen molar-refractivity contribution in [2.24, 2.45) is 0 Å². The van der Waals surface area contributed by atoms with Gasteiger partial charge in [0.25, 0.3) is 0 Å². The van der Waals surface area contributed by atoms with Crippen LogP contribution in [0, 0.1) is 0 Å². The lowest BCUT2D eigenvalue weighted by Crippen LogP contribution is -2.52. The Balaban J connectivity index is 2.36. The van der Waals surface area contributed by atoms with Gasteiger partial charge in [-0.2, -0.15) is 0 Å². The standard InChI is InChI=1S/C14H31N3/c1-6-15-14(3,4)12-16(5)13-8-10-17(7-2)11-9-13/h13,15H,6-12H2,1-5H3. The fraction of sp³-hybridized carbons (Fsp3) is 1.00. The van der Waals surface area contributed by atoms with Gasteiger partial charge in [0.15, 0.2) is 0 Å². The maximum absolute atomic E-state index is 3.56. The summed E-state index contributed by atoms with van der Waals surface area (Å²) in [6, 6.07) is 0.774. The SMILES string of the molecule is CCNC(C)(C)CN(C)C1CCN(CC)CC1. The highest BCUT2D eigenvalue weighted by Gasteiger charge is 2.26. The normalized spacial score (nSPS) is 20.1. The smallest absolute Gasteiger partial charge is 0.0252 e. The third kappa shape index (κ3) is 4.94. The van der Waals surface area contributed by atoms with Crippen LogP contribution in [0.3, 0.4) is 0 Å². The molecule has 102 valence electrons. The number of likely N-dealkylation sites (tertiary alicyclic amines) is 1. The number of rotatable bonds is 6. The molecule has 0 unspecified atom stereocenters. The van der Waals surface area contributed by atoms with E-state index in [2.05, 4.69) is 49.9 Å². The van der Waals surface area contributed by atoms with Crippen LogP contribution in [-0.2, 0) is 0 Å². The zero-order valence-electron chi connectivity index (χ0n) is 12.4. The molecule has 0 radical (unpaired) electrons. The van der Waals surface area contributed by atoms with Crippen LogP contribution in [0.4, 0.5) is 0 Å². The third-order valence-corrected chi connectivity index (χ3v) is 3.93. The van der Waals surface area contributed by atoms with Gasteiger partial charge in [0, 0.05) is 18.1 Å². The van der Waals surface area contributed by atoms with E-state index in [0.29, 0.717) is 0 Å². The van der Waals surface area contributed by atoms with Crippen molar-refractivity contribution in [3.8, 4) is 0 Å². The van der Waals surface area contributed by atoms with Gasteiger partial charge in [-0.25, -0.2) is 0 Å². The minimum absolute atomic E-state index is 0.228. The van der Waals surface area contributed by atoms with Crippen LogP contribution in [0.1, 0.15) is 40.5 Å². The number of hydrogen-bond acceptors (Lipinski definition) is 3. The Hall–Kier alpha value is -0.120. The van der Waals surface area contributed by atoms with E-state index < -0.39 is 0 Å². The maximum atomic E-state index is 3.56. The summed E-state index contributed by atoms with van der Waals surface area (Å²) >= 11 is 0. The van der Waals surface area contributed by atoms with Crippen molar-refractivity contribution in [1.29, 1.82) is 0 Å². The van der Waals surface area contributed by atoms with Crippen LogP contribution in [-0.4, -0.2) is 61.2 Å². The predicted octanol–water partition coefficient (Wildman–Crippen LogP) is 1.79. The van der Waals surface area contributed by atoms with Gasteiger partial charge in [0.2, 0.25) is 0 Å². The van der Waals surface area contributed by atoms with Gasteiger partial charge in [-0.05, 0) is 59.9 Å². The Kier molecular flexibility index (Phi) is 5.90. The van der Waals surface area contributed by atoms with Crippen LogP contribution in [0.25, 0.3) is 0 Å². The molecule has 0 bridgehead atoms. The van der Waals surface area contributed by atoms with Crippen LogP contribution in [0.15, 0.2) is 0 Å². The quantitative estimate of drug-likeness (QED) is 0.765. The zero-order chi connectivity index (χ0) is 12.9. The van der Waals surface area contributed by atoms with Gasteiger partial charge in [0.05, 0.1) is 0 Å². The number of nitrogens with one attached hydrogen (secondary N) is 1. The Morgan fingerprint density at radius 2 is 1.82 bits per heavy atom. The van der Waals surface area contributed by atoms with E-state index in [-0.39, 0.29) is 5.54 Å². The summed E-state index contributed by atoms with van der Waals surface area (Å²) < 4.78 is 0. The molecular formula is C14H31N3. The largest absolute Gasteiger partial charge is 0.311 e. The lowest BCUT2D eigenvalue weighted by Gasteiger charge is -2.40. The average Bonchev–Trinajstić information content (AvgIpc) is 2.28. The Morgan fingerprint density at radius 1 is 1.24 bits per heavy atom. The van der Waals surface area contributed by atoms with Gasteiger partial charge >= 0.3 is 0 Å². The van der Waals surface area contributed by atoms with Crippen molar-refractivity contribution < 1.29 is 0 Å². The van der Waals surface area contributed by atoms with Crippen molar-refractivity contribution in [2.75, 3.05) is 39.8 Å². The van der Waals surface area contributed by atoms with E-state index in [1.165, 1.54) is 32.5 Å². The van der Waals surface area contributed by atoms with E-state index in [4.69, 9.17) is 0 Å². The van der Waals surface area contributed by atoms with Gasteiger partial charge < -0.3 is 15.1 Å². The highest BCUT2D eigenvalue weighted by molar-refractivity contribution is 4.85. The van der Waals surface area contributed by atoms with E-state index in [1.54, 1.807) is 0 Å². The fourth-order valence-corrected chi connectivity index (χ4v) is 2.96. The lowest BCUT2D eigenvalue weighted by molar-refractivity contribution is 0.110. The number of nitrogens with zero attached hydrogens (tertiary/aromatic N) is 2. The fourth-order valence-electron chi connectivity index (χ4n) is 2.96. The summed E-state index contributed by atoms with van der Waals surface area (Å²) in [7, 11) is 2.28. The van der Waals surface area contributed by atoms with Crippen LogP contribution in [0.5, 0.6) is 0 Å². The molecule has 3 heteroatoms. The van der Waals surface area contributed by atoms with E-state index >= 15 is 0 Å². The molecule has 0 spiro atoms. The van der Waals surface area contributed by atoms with Crippen molar-refractivity contribution in [1.82, 2.24) is 15.1 Å². The first-order valence-corrected chi connectivity index (χ1v) is 7.16. The van der Waals surface area contributed by atoms with Gasteiger partial charge in [0.1, 0.15) is 0 Å². The van der Waals surface area contributed by atoms with Crippen molar-refractivity contribution >= 4 is 0 Å². The summed E-state index contributed by atoms with van der Waals surface area (Å²) in [5.41, 5.74) is 0.228. The molecule has 0 aliphatic carbocycles. The van der Waals surface area contributed by atoms with Crippen LogP contribution in [0.2, 0.25) is 0 Å². The Bertz CT molecular complexity index is 208. The molecule has 1 fully saturated rings. The zero-order valence-corrected chi connectivity index (χ0v) is 12.4. The lowest BCUT2D eigenvalue weighted by atomic mass is 9.99. The molecule has 1 rings (SSSR count). The second-order valence-corrected chi connectivity index (χ2v) is 5.99. The summed E-state index contributed by atoms with van der Waals surface area (Å²) in [6.07, 6.45) is 2.65. The highest BCUT2D eigenvalue weighted by Crippen LogP contribution is 2.17. The minimum Gasteiger partial charge on any atom is -0.311 e. The first-order chi connectivity index (χ1) is 7.98. The number of piperidine rings is 1. The minimum atomic E-state index is 0.228. The molecule has 1 N–H and O–H groups in total. The second-order valence-electron chi connectivity index (χ2n) is 5.99. The first kappa shape index (κ1) is 14.9. The molecule has 3 nitrogen and oxygen atoms in total. The highest BCUT2D eigenvalue weighted by atomic mass is 15.2. The summed E-state index contributed by atoms with van der Waals surface area (Å²) in [5.74, 6) is 0. The molecule has 1 aliphatic heterocycles. The molecule has 1 saturated heterocycles. The van der Waals surface area contributed by atoms with E-state index in [0.717, 1.165) is 19.1 Å². The molecule has 0 aromatic carbocycles. The van der Waals surface area contributed by atoms with Crippen molar-refractivity contribution in [2.45, 2.75) is 52.1 Å². The summed E-state index contributed by atoms with van der Waals surface area (Å²) in [4.78, 5) is 5.11. The average molecular weight is 241 g/mol. The first-order valence-electron chi connectivity index (χ1n) is 7.16. The van der Waals surface area contributed by atoms with Gasteiger partial charge in [-0.15, -0.1) is 0 Å². The van der Waals surface area contributed by atoms with Crippen molar-refractivity contribution in [3.63, 3.8) is 0 Å². The Morgan fingerprint density at radius 3 is 2.29 bits per heavy atom. The molecule has 0 aromatic heterocycles. The summed E-state index contributed by atoms with van der Waals surface area (Å²) in [5, 5.41) is 3.56. The molecule has 0 saturated carbocycles. The Labute approximate surface area is 108 Å². The van der Waals surface area contributed by atoms with E-state index in [9.17, 15) is 0 Å². The van der Waals surface area contributed by atoms with Crippen LogP contribution >= 0.6 is 0 Å². The molecule has 1 aliphatic rings. The van der Waals surface area contributed by atoms with Gasteiger partial charge in [-0.1, -0.05) is 13.8 Å². The molecule has 0 atom stereocenters. The third-order valence-electron chi connectivity index (χ3n) is 3.93. The van der Waals surface area contributed by atoms with E-state index in [1.807, 2.05) is 0 Å². The molecule has 17 heavy (non-hydrogen) atoms. The predicted molar refractivity (Wildman–Crippen MR) is 75.5 cm³/mol. The maximum Gasteiger partial charge on any atom is 0.0252 e. The summed E-state index contributed by atoms with van der Waals surface area (Å²) in [6.45, 7) is 15.0. The number of hydrogen-bond donors (Lipinski definition) is 1.